The molecule has 0 aromatic carbocycles. The summed E-state index contributed by atoms with van der Waals surface area (Å²) in [6.07, 6.45) is 123. The van der Waals surface area contributed by atoms with Gasteiger partial charge in [-0.1, -0.05) is 384 Å². The summed E-state index contributed by atoms with van der Waals surface area (Å²) in [5.74, 6) is -0.579. The first-order valence-corrected chi connectivity index (χ1v) is 39.0. The summed E-state index contributed by atoms with van der Waals surface area (Å²) in [6.45, 7) is 3.94. The Kier molecular flexibility index (Phi) is 76.8. The van der Waals surface area contributed by atoms with Crippen molar-refractivity contribution in [3.05, 3.63) is 158 Å². The Hall–Kier alpha value is -4.48. The molecule has 0 aromatic rings. The lowest BCUT2D eigenvalue weighted by Gasteiger charge is -2.15. The predicted molar refractivity (Wildman–Crippen MR) is 407 cm³/mol. The number of carbonyl (C=O) groups excluding carboxylic acids is 2. The summed E-state index contributed by atoms with van der Waals surface area (Å²) in [6, 6.07) is 0. The highest BCUT2D eigenvalue weighted by atomic mass is 16.6. The fraction of sp³-hybridized carbons (Fsp3) is 0.678. The second kappa shape index (κ2) is 80.8. The number of esters is 2. The highest BCUT2D eigenvalue weighted by molar-refractivity contribution is 5.70. The van der Waals surface area contributed by atoms with E-state index >= 15 is 0 Å². The monoisotopic (exact) mass is 1270 g/mol. The van der Waals surface area contributed by atoms with Crippen LogP contribution in [0.1, 0.15) is 361 Å². The van der Waals surface area contributed by atoms with Crippen molar-refractivity contribution in [1.29, 1.82) is 0 Å². The maximum atomic E-state index is 12.4. The van der Waals surface area contributed by atoms with Crippen molar-refractivity contribution in [2.45, 2.75) is 367 Å². The number of unbranched alkanes of at least 4 members (excludes halogenated alkanes) is 37. The predicted octanol–water partition coefficient (Wildman–Crippen LogP) is 27.8. The SMILES string of the molecule is CC/C=C\C/C=C\C/C=C\C/C=C\C/C=C\C/C=C\C/C=C\CCCCCCCCCCCCCCCCCCCCCC(=O)OC(CO)COC(=O)CCCCCCCCCCCCCCCCCCCC/C=C\C/C=C\C/C=C\C/C=C\C/C=C\C/C=C\CC. The lowest BCUT2D eigenvalue weighted by molar-refractivity contribution is -0.161. The van der Waals surface area contributed by atoms with E-state index < -0.39 is 6.10 Å². The van der Waals surface area contributed by atoms with Gasteiger partial charge in [0.1, 0.15) is 6.61 Å². The first kappa shape index (κ1) is 87.5. The van der Waals surface area contributed by atoms with E-state index in [-0.39, 0.29) is 25.2 Å². The number of hydrogen-bond acceptors (Lipinski definition) is 5. The molecule has 0 aliphatic heterocycles. The van der Waals surface area contributed by atoms with Gasteiger partial charge in [0, 0.05) is 12.8 Å². The van der Waals surface area contributed by atoms with E-state index in [0.717, 1.165) is 122 Å². The van der Waals surface area contributed by atoms with Gasteiger partial charge in [0.25, 0.3) is 0 Å². The van der Waals surface area contributed by atoms with Crippen molar-refractivity contribution in [1.82, 2.24) is 0 Å². The zero-order valence-corrected chi connectivity index (χ0v) is 60.3. The first-order valence-electron chi connectivity index (χ1n) is 39.0. The summed E-state index contributed by atoms with van der Waals surface area (Å²) < 4.78 is 10.8. The molecule has 0 rings (SSSR count). The minimum atomic E-state index is -0.779. The van der Waals surface area contributed by atoms with Crippen LogP contribution in [0.15, 0.2) is 158 Å². The average Bonchev–Trinajstić information content (AvgIpc) is 3.64. The van der Waals surface area contributed by atoms with Crippen molar-refractivity contribution in [2.24, 2.45) is 0 Å². The van der Waals surface area contributed by atoms with E-state index in [1.54, 1.807) is 0 Å². The maximum absolute atomic E-state index is 12.4. The number of rotatable bonds is 71. The molecule has 0 radical (unpaired) electrons. The number of allylic oxidation sites excluding steroid dienone is 26. The minimum absolute atomic E-state index is 0.0674. The summed E-state index contributed by atoms with van der Waals surface area (Å²) in [4.78, 5) is 24.7. The van der Waals surface area contributed by atoms with Crippen molar-refractivity contribution in [2.75, 3.05) is 13.2 Å². The van der Waals surface area contributed by atoms with Gasteiger partial charge in [-0.2, -0.15) is 0 Å². The molecule has 0 amide bonds. The molecule has 1 N–H and O–H groups in total. The van der Waals surface area contributed by atoms with E-state index in [1.165, 1.54) is 212 Å². The fourth-order valence-electron chi connectivity index (χ4n) is 11.1. The van der Waals surface area contributed by atoms with Gasteiger partial charge in [-0.15, -0.1) is 0 Å². The Morgan fingerprint density at radius 3 is 0.652 bits per heavy atom. The summed E-state index contributed by atoms with van der Waals surface area (Å²) in [7, 11) is 0. The van der Waals surface area contributed by atoms with E-state index in [4.69, 9.17) is 9.47 Å². The van der Waals surface area contributed by atoms with Gasteiger partial charge in [-0.05, 0) is 122 Å². The highest BCUT2D eigenvalue weighted by Crippen LogP contribution is 2.18. The van der Waals surface area contributed by atoms with Crippen LogP contribution >= 0.6 is 0 Å². The molecule has 0 heterocycles. The third-order valence-electron chi connectivity index (χ3n) is 16.8. The highest BCUT2D eigenvalue weighted by Gasteiger charge is 2.16. The lowest BCUT2D eigenvalue weighted by atomic mass is 10.0. The number of aliphatic hydroxyl groups is 1. The molecule has 524 valence electrons. The van der Waals surface area contributed by atoms with Gasteiger partial charge in [-0.3, -0.25) is 9.59 Å². The smallest absolute Gasteiger partial charge is 0.306 e. The molecule has 92 heavy (non-hydrogen) atoms. The second-order valence-corrected chi connectivity index (χ2v) is 25.7. The van der Waals surface area contributed by atoms with Crippen molar-refractivity contribution < 1.29 is 24.2 Å². The Morgan fingerprint density at radius 1 is 0.250 bits per heavy atom. The molecule has 0 spiro atoms. The van der Waals surface area contributed by atoms with Crippen molar-refractivity contribution >= 4 is 11.9 Å². The van der Waals surface area contributed by atoms with Crippen LogP contribution in [0.4, 0.5) is 0 Å². The lowest BCUT2D eigenvalue weighted by Crippen LogP contribution is -2.28. The molecule has 0 aliphatic carbocycles. The van der Waals surface area contributed by atoms with E-state index in [0.29, 0.717) is 12.8 Å². The normalized spacial score (nSPS) is 13.1. The summed E-state index contributed by atoms with van der Waals surface area (Å²) in [5, 5.41) is 9.73. The zero-order valence-electron chi connectivity index (χ0n) is 60.3. The molecule has 0 aliphatic rings. The van der Waals surface area contributed by atoms with Crippen LogP contribution in [0, 0.1) is 0 Å². The molecular weight excluding hydrogens is 1120 g/mol. The molecule has 1 atom stereocenters. The molecule has 1 unspecified atom stereocenters. The van der Waals surface area contributed by atoms with Gasteiger partial charge in [-0.25, -0.2) is 0 Å². The topological polar surface area (TPSA) is 72.8 Å². The Morgan fingerprint density at radius 2 is 0.435 bits per heavy atom. The van der Waals surface area contributed by atoms with E-state index in [9.17, 15) is 14.7 Å². The van der Waals surface area contributed by atoms with Crippen LogP contribution in [0.3, 0.4) is 0 Å². The molecule has 5 nitrogen and oxygen atoms in total. The maximum Gasteiger partial charge on any atom is 0.306 e. The van der Waals surface area contributed by atoms with Gasteiger partial charge in [0.2, 0.25) is 0 Å². The zero-order chi connectivity index (χ0) is 66.1. The molecular formula is C87H146O5. The standard InChI is InChI=1S/C87H146O5/c1-3-5-7-9-11-13-15-17-19-21-23-25-27-29-31-33-35-37-39-41-42-43-44-46-48-50-52-54-56-58-60-62-64-66-68-70-72-74-76-78-80-82-87(90)92-85(83-88)84-91-86(89)81-79-77-75-73-71-69-67-65-63-61-59-57-55-53-51-49-47-45-40-38-36-34-32-30-28-26-24-22-20-18-16-14-12-10-8-6-4-2/h5-8,11-14,17-20,23-26,29-32,35-38,41-42,85,88H,3-4,9-10,15-16,21-22,27-28,33-34,39-40,43-84H2,1-2H3/b7-5-,8-6-,13-11-,14-12-,19-17-,20-18-,25-23-,26-24-,31-29-,32-30-,37-35-,38-36-,42-41-. The number of hydrogen-bond donors (Lipinski definition) is 1. The second-order valence-electron chi connectivity index (χ2n) is 25.7. The van der Waals surface area contributed by atoms with Gasteiger partial charge in [0.05, 0.1) is 6.61 Å². The molecule has 0 saturated carbocycles. The number of carbonyl (C=O) groups is 2. The van der Waals surface area contributed by atoms with Gasteiger partial charge >= 0.3 is 11.9 Å². The van der Waals surface area contributed by atoms with Crippen LogP contribution in [0.25, 0.3) is 0 Å². The van der Waals surface area contributed by atoms with Crippen LogP contribution in [-0.4, -0.2) is 36.4 Å². The average molecular weight is 1270 g/mol. The van der Waals surface area contributed by atoms with Crippen LogP contribution < -0.4 is 0 Å². The van der Waals surface area contributed by atoms with Crippen LogP contribution in [0.5, 0.6) is 0 Å². The number of ether oxygens (including phenoxy) is 2. The number of aliphatic hydroxyl groups excluding tert-OH is 1. The largest absolute Gasteiger partial charge is 0.462 e. The van der Waals surface area contributed by atoms with Gasteiger partial charge < -0.3 is 14.6 Å². The Bertz CT molecular complexity index is 1930. The Balaban J connectivity index is 3.45. The Labute approximate surface area is 571 Å². The molecule has 0 aromatic heterocycles. The summed E-state index contributed by atoms with van der Waals surface area (Å²) >= 11 is 0. The quantitative estimate of drug-likeness (QED) is 0.0373. The first-order chi connectivity index (χ1) is 45.6. The van der Waals surface area contributed by atoms with Crippen molar-refractivity contribution in [3.8, 4) is 0 Å². The molecule has 5 heteroatoms. The van der Waals surface area contributed by atoms with Crippen LogP contribution in [-0.2, 0) is 19.1 Å². The van der Waals surface area contributed by atoms with Gasteiger partial charge in [0.15, 0.2) is 6.10 Å². The van der Waals surface area contributed by atoms with E-state index in [1.807, 2.05) is 0 Å². The summed E-state index contributed by atoms with van der Waals surface area (Å²) in [5.41, 5.74) is 0. The molecule has 0 saturated heterocycles. The molecule has 0 fully saturated rings. The minimum Gasteiger partial charge on any atom is -0.462 e. The molecule has 0 bridgehead atoms. The van der Waals surface area contributed by atoms with Crippen molar-refractivity contribution in [3.63, 3.8) is 0 Å². The third kappa shape index (κ3) is 78.0. The fourth-order valence-corrected chi connectivity index (χ4v) is 11.1. The van der Waals surface area contributed by atoms with Crippen LogP contribution in [0.2, 0.25) is 0 Å². The third-order valence-corrected chi connectivity index (χ3v) is 16.8. The van der Waals surface area contributed by atoms with E-state index in [2.05, 4.69) is 172 Å².